The van der Waals surface area contributed by atoms with Crippen molar-refractivity contribution in [2.24, 2.45) is 0 Å². The molecule has 0 N–H and O–H groups in total. The van der Waals surface area contributed by atoms with E-state index in [0.29, 0.717) is 11.2 Å². The molecule has 2 heterocycles. The molecule has 0 saturated heterocycles. The fourth-order valence-electron chi connectivity index (χ4n) is 0.765. The Morgan fingerprint density at radius 2 is 2.40 bits per heavy atom. The van der Waals surface area contributed by atoms with Gasteiger partial charge in [-0.05, 0) is 6.92 Å². The predicted molar refractivity (Wildman–Crippen MR) is 34.3 cm³/mol. The lowest BCUT2D eigenvalue weighted by atomic mass is 10.5. The Morgan fingerprint density at radius 3 is 3.30 bits per heavy atom. The van der Waals surface area contributed by atoms with E-state index in [4.69, 9.17) is 0 Å². The molecule has 0 bridgehead atoms. The van der Waals surface area contributed by atoms with Crippen molar-refractivity contribution in [2.45, 2.75) is 6.92 Å². The maximum absolute atomic E-state index is 4.64. The zero-order valence-electron chi connectivity index (χ0n) is 5.40. The molecule has 4 nitrogen and oxygen atoms in total. The predicted octanol–water partition coefficient (Wildman–Crippen LogP) is 0.926. The standard InChI is InChI=1S/C6H5N3O/c1-4-2-7-6-5(8-4)3-10-9-6/h2-3H,1H3. The summed E-state index contributed by atoms with van der Waals surface area (Å²) in [5.41, 5.74) is 2.14. The first kappa shape index (κ1) is 5.34. The molecule has 0 atom stereocenters. The maximum Gasteiger partial charge on any atom is 0.221 e. The van der Waals surface area contributed by atoms with Gasteiger partial charge in [0.2, 0.25) is 5.65 Å². The normalized spacial score (nSPS) is 10.5. The van der Waals surface area contributed by atoms with E-state index in [1.54, 1.807) is 6.20 Å². The molecule has 0 aromatic carbocycles. The van der Waals surface area contributed by atoms with Crippen LogP contribution in [0.5, 0.6) is 0 Å². The molecule has 0 aliphatic carbocycles. The van der Waals surface area contributed by atoms with Gasteiger partial charge in [0.25, 0.3) is 0 Å². The molecule has 2 aromatic heterocycles. The van der Waals surface area contributed by atoms with Gasteiger partial charge in [0, 0.05) is 0 Å². The topological polar surface area (TPSA) is 51.8 Å². The monoisotopic (exact) mass is 135 g/mol. The minimum absolute atomic E-state index is 0.561. The second-order valence-electron chi connectivity index (χ2n) is 2.03. The van der Waals surface area contributed by atoms with E-state index in [0.717, 1.165) is 5.69 Å². The molecule has 10 heavy (non-hydrogen) atoms. The summed E-state index contributed by atoms with van der Waals surface area (Å²) in [7, 11) is 0. The molecule has 0 saturated carbocycles. The minimum Gasteiger partial charge on any atom is -0.360 e. The molecule has 50 valence electrons. The van der Waals surface area contributed by atoms with Gasteiger partial charge in [-0.3, -0.25) is 0 Å². The quantitative estimate of drug-likeness (QED) is 0.539. The first-order valence-corrected chi connectivity index (χ1v) is 2.90. The number of aryl methyl sites for hydroxylation is 1. The van der Waals surface area contributed by atoms with Crippen LogP contribution in [-0.4, -0.2) is 15.1 Å². The Kier molecular flexibility index (Phi) is 0.943. The van der Waals surface area contributed by atoms with Crippen molar-refractivity contribution < 1.29 is 4.52 Å². The highest BCUT2D eigenvalue weighted by Gasteiger charge is 1.98. The largest absolute Gasteiger partial charge is 0.360 e. The third-order valence-electron chi connectivity index (χ3n) is 1.20. The van der Waals surface area contributed by atoms with Crippen LogP contribution < -0.4 is 0 Å². The second kappa shape index (κ2) is 1.76. The van der Waals surface area contributed by atoms with Gasteiger partial charge in [0.15, 0.2) is 6.26 Å². The molecule has 2 aromatic rings. The van der Waals surface area contributed by atoms with Crippen LogP contribution in [-0.2, 0) is 0 Å². The average molecular weight is 135 g/mol. The fraction of sp³-hybridized carbons (Fsp3) is 0.167. The van der Waals surface area contributed by atoms with E-state index in [1.807, 2.05) is 6.92 Å². The van der Waals surface area contributed by atoms with Crippen molar-refractivity contribution in [3.63, 3.8) is 0 Å². The van der Waals surface area contributed by atoms with Crippen molar-refractivity contribution in [3.8, 4) is 0 Å². The van der Waals surface area contributed by atoms with Gasteiger partial charge in [0.1, 0.15) is 5.52 Å². The Bertz CT molecular complexity index is 355. The van der Waals surface area contributed by atoms with Gasteiger partial charge >= 0.3 is 0 Å². The highest BCUT2D eigenvalue weighted by Crippen LogP contribution is 2.04. The van der Waals surface area contributed by atoms with Crippen LogP contribution in [0.3, 0.4) is 0 Å². The van der Waals surface area contributed by atoms with Gasteiger partial charge in [0.05, 0.1) is 11.9 Å². The van der Waals surface area contributed by atoms with Gasteiger partial charge < -0.3 is 4.52 Å². The highest BCUT2D eigenvalue weighted by molar-refractivity contribution is 5.66. The number of aromatic nitrogens is 3. The van der Waals surface area contributed by atoms with Gasteiger partial charge in [-0.15, -0.1) is 0 Å². The number of fused-ring (bicyclic) bond motifs is 1. The van der Waals surface area contributed by atoms with Crippen LogP contribution in [0.1, 0.15) is 5.69 Å². The molecule has 0 spiro atoms. The zero-order chi connectivity index (χ0) is 6.97. The van der Waals surface area contributed by atoms with Crippen LogP contribution in [0, 0.1) is 6.92 Å². The number of nitrogens with zero attached hydrogens (tertiary/aromatic N) is 3. The summed E-state index contributed by atoms with van der Waals surface area (Å²) in [6.07, 6.45) is 3.14. The lowest BCUT2D eigenvalue weighted by Gasteiger charge is -1.85. The minimum atomic E-state index is 0.561. The van der Waals surface area contributed by atoms with Gasteiger partial charge in [-0.2, -0.15) is 0 Å². The van der Waals surface area contributed by atoms with Crippen LogP contribution in [0.15, 0.2) is 17.0 Å². The molecule has 0 aliphatic rings. The third-order valence-corrected chi connectivity index (χ3v) is 1.20. The Balaban J connectivity index is 2.86. The molecule has 0 aliphatic heterocycles. The highest BCUT2D eigenvalue weighted by atomic mass is 16.5. The third kappa shape index (κ3) is 0.655. The number of hydrogen-bond acceptors (Lipinski definition) is 4. The summed E-state index contributed by atoms with van der Waals surface area (Å²) in [6.45, 7) is 1.87. The maximum atomic E-state index is 4.64. The van der Waals surface area contributed by atoms with E-state index in [1.165, 1.54) is 6.26 Å². The van der Waals surface area contributed by atoms with E-state index in [-0.39, 0.29) is 0 Å². The smallest absolute Gasteiger partial charge is 0.221 e. The Hall–Kier alpha value is -1.45. The molecular weight excluding hydrogens is 130 g/mol. The molecule has 0 amide bonds. The zero-order valence-corrected chi connectivity index (χ0v) is 5.40. The Morgan fingerprint density at radius 1 is 1.50 bits per heavy atom. The van der Waals surface area contributed by atoms with E-state index in [9.17, 15) is 0 Å². The summed E-state index contributed by atoms with van der Waals surface area (Å²) in [6, 6.07) is 0. The lowest BCUT2D eigenvalue weighted by molar-refractivity contribution is 0.426. The van der Waals surface area contributed by atoms with Crippen molar-refractivity contribution in [1.29, 1.82) is 0 Å². The SMILES string of the molecule is Cc1cnc2nocc2n1. The molecule has 0 unspecified atom stereocenters. The fourth-order valence-corrected chi connectivity index (χ4v) is 0.765. The van der Waals surface area contributed by atoms with Crippen LogP contribution in [0.2, 0.25) is 0 Å². The van der Waals surface area contributed by atoms with Crippen molar-refractivity contribution in [2.75, 3.05) is 0 Å². The summed E-state index contributed by atoms with van der Waals surface area (Å²) in [5, 5.41) is 3.61. The number of rotatable bonds is 0. The summed E-state index contributed by atoms with van der Waals surface area (Å²) in [5.74, 6) is 0. The summed E-state index contributed by atoms with van der Waals surface area (Å²) in [4.78, 5) is 8.09. The van der Waals surface area contributed by atoms with Crippen LogP contribution in [0.25, 0.3) is 11.2 Å². The molecule has 0 radical (unpaired) electrons. The molecule has 2 rings (SSSR count). The second-order valence-corrected chi connectivity index (χ2v) is 2.03. The lowest BCUT2D eigenvalue weighted by Crippen LogP contribution is -1.83. The molecule has 0 fully saturated rings. The van der Waals surface area contributed by atoms with Crippen molar-refractivity contribution >= 4 is 11.2 Å². The number of hydrogen-bond donors (Lipinski definition) is 0. The summed E-state index contributed by atoms with van der Waals surface area (Å²) < 4.78 is 4.64. The van der Waals surface area contributed by atoms with Crippen molar-refractivity contribution in [3.05, 3.63) is 18.2 Å². The van der Waals surface area contributed by atoms with E-state index < -0.39 is 0 Å². The molecule has 4 heteroatoms. The van der Waals surface area contributed by atoms with E-state index >= 15 is 0 Å². The summed E-state index contributed by atoms with van der Waals surface area (Å²) >= 11 is 0. The molecular formula is C6H5N3O. The van der Waals surface area contributed by atoms with E-state index in [2.05, 4.69) is 19.6 Å². The van der Waals surface area contributed by atoms with Gasteiger partial charge in [-0.1, -0.05) is 5.16 Å². The van der Waals surface area contributed by atoms with Crippen molar-refractivity contribution in [1.82, 2.24) is 15.1 Å². The van der Waals surface area contributed by atoms with Gasteiger partial charge in [-0.25, -0.2) is 9.97 Å². The first-order chi connectivity index (χ1) is 4.86. The first-order valence-electron chi connectivity index (χ1n) is 2.90. The Labute approximate surface area is 56.9 Å². The van der Waals surface area contributed by atoms with Crippen LogP contribution in [0.4, 0.5) is 0 Å². The average Bonchev–Trinajstić information content (AvgIpc) is 2.33. The van der Waals surface area contributed by atoms with Crippen LogP contribution >= 0.6 is 0 Å².